The van der Waals surface area contributed by atoms with Crippen LogP contribution in [0.25, 0.3) is 10.2 Å². The highest BCUT2D eigenvalue weighted by molar-refractivity contribution is 7.18. The molecule has 0 spiro atoms. The molecule has 0 bridgehead atoms. The third-order valence-corrected chi connectivity index (χ3v) is 3.63. The number of nitrogens with zero attached hydrogens (tertiary/aromatic N) is 2. The third-order valence-electron chi connectivity index (χ3n) is 2.70. The van der Waals surface area contributed by atoms with Crippen LogP contribution in [0.1, 0.15) is 15.4 Å². The Morgan fingerprint density at radius 1 is 1.21 bits per heavy atom. The maximum absolute atomic E-state index is 12.0. The number of pyridine rings is 1. The summed E-state index contributed by atoms with van der Waals surface area (Å²) in [5.74, 6) is -0.136. The van der Waals surface area contributed by atoms with Crippen LogP contribution in [0.5, 0.6) is 0 Å². The number of fused-ring (bicyclic) bond motifs is 1. The minimum absolute atomic E-state index is 0.136. The molecule has 0 fully saturated rings. The average molecular weight is 269 g/mol. The average Bonchev–Trinajstić information content (AvgIpc) is 2.79. The zero-order chi connectivity index (χ0) is 13.2. The predicted octanol–water partition coefficient (Wildman–Crippen LogP) is 3.25. The van der Waals surface area contributed by atoms with Crippen molar-refractivity contribution in [1.82, 2.24) is 9.97 Å². The van der Waals surface area contributed by atoms with Gasteiger partial charge in [-0.25, -0.2) is 4.98 Å². The van der Waals surface area contributed by atoms with Crippen LogP contribution in [0.2, 0.25) is 0 Å². The molecule has 0 aliphatic carbocycles. The number of rotatable bonds is 2. The lowest BCUT2D eigenvalue weighted by molar-refractivity contribution is 0.102. The quantitative estimate of drug-likeness (QED) is 0.777. The first-order valence-electron chi connectivity index (χ1n) is 5.81. The van der Waals surface area contributed by atoms with Gasteiger partial charge in [0.15, 0.2) is 0 Å². The molecule has 2 aromatic heterocycles. The number of nitrogens with one attached hydrogen (secondary N) is 1. The van der Waals surface area contributed by atoms with Crippen LogP contribution >= 0.6 is 11.3 Å². The second-order valence-corrected chi connectivity index (χ2v) is 5.34. The smallest absolute Gasteiger partial charge is 0.255 e. The largest absolute Gasteiger partial charge is 0.322 e. The molecule has 1 aromatic carbocycles. The molecule has 3 aromatic rings. The van der Waals surface area contributed by atoms with Crippen LogP contribution in [0, 0.1) is 6.92 Å². The fourth-order valence-corrected chi connectivity index (χ4v) is 2.69. The van der Waals surface area contributed by atoms with Crippen molar-refractivity contribution in [3.63, 3.8) is 0 Å². The summed E-state index contributed by atoms with van der Waals surface area (Å²) >= 11 is 1.62. The van der Waals surface area contributed by atoms with E-state index in [9.17, 15) is 4.79 Å². The molecule has 0 atom stereocenters. The summed E-state index contributed by atoms with van der Waals surface area (Å²) in [6.07, 6.45) is 3.20. The SMILES string of the molecule is Cc1nc2ccc(NC(=O)c3ccncc3)cc2s1. The molecule has 94 valence electrons. The molecule has 19 heavy (non-hydrogen) atoms. The van der Waals surface area contributed by atoms with Gasteiger partial charge in [0, 0.05) is 23.6 Å². The van der Waals surface area contributed by atoms with Crippen molar-refractivity contribution in [3.8, 4) is 0 Å². The van der Waals surface area contributed by atoms with Gasteiger partial charge in [-0.15, -0.1) is 11.3 Å². The number of thiazole rings is 1. The van der Waals surface area contributed by atoms with Crippen molar-refractivity contribution in [2.24, 2.45) is 0 Å². The molecular formula is C14H11N3OS. The molecule has 0 radical (unpaired) electrons. The summed E-state index contributed by atoms with van der Waals surface area (Å²) in [6.45, 7) is 1.97. The van der Waals surface area contributed by atoms with E-state index in [0.717, 1.165) is 20.9 Å². The van der Waals surface area contributed by atoms with Crippen molar-refractivity contribution < 1.29 is 4.79 Å². The Morgan fingerprint density at radius 3 is 2.79 bits per heavy atom. The van der Waals surface area contributed by atoms with E-state index in [0.29, 0.717) is 5.56 Å². The fraction of sp³-hybridized carbons (Fsp3) is 0.0714. The zero-order valence-corrected chi connectivity index (χ0v) is 11.1. The van der Waals surface area contributed by atoms with Crippen molar-refractivity contribution in [3.05, 3.63) is 53.3 Å². The predicted molar refractivity (Wildman–Crippen MR) is 76.5 cm³/mol. The normalized spacial score (nSPS) is 10.6. The molecule has 4 nitrogen and oxygen atoms in total. The van der Waals surface area contributed by atoms with E-state index in [2.05, 4.69) is 15.3 Å². The van der Waals surface area contributed by atoms with E-state index in [1.807, 2.05) is 25.1 Å². The third kappa shape index (κ3) is 2.46. The number of hydrogen-bond acceptors (Lipinski definition) is 4. The van der Waals surface area contributed by atoms with Gasteiger partial charge in [-0.1, -0.05) is 0 Å². The molecule has 1 amide bonds. The van der Waals surface area contributed by atoms with Gasteiger partial charge >= 0.3 is 0 Å². The van der Waals surface area contributed by atoms with Crippen molar-refractivity contribution in [1.29, 1.82) is 0 Å². The van der Waals surface area contributed by atoms with Gasteiger partial charge in [0.1, 0.15) is 0 Å². The molecular weight excluding hydrogens is 258 g/mol. The number of carbonyl (C=O) groups excluding carboxylic acids is 1. The van der Waals surface area contributed by atoms with E-state index in [-0.39, 0.29) is 5.91 Å². The molecule has 0 saturated heterocycles. The van der Waals surface area contributed by atoms with Crippen molar-refractivity contribution >= 4 is 33.1 Å². The molecule has 0 aliphatic rings. The van der Waals surface area contributed by atoms with Gasteiger partial charge in [0.05, 0.1) is 15.2 Å². The van der Waals surface area contributed by atoms with Crippen LogP contribution in [-0.4, -0.2) is 15.9 Å². The lowest BCUT2D eigenvalue weighted by atomic mass is 10.2. The van der Waals surface area contributed by atoms with Crippen LogP contribution in [0.4, 0.5) is 5.69 Å². The molecule has 3 rings (SSSR count). The number of carbonyl (C=O) groups is 1. The Morgan fingerprint density at radius 2 is 2.00 bits per heavy atom. The number of benzene rings is 1. The molecule has 2 heterocycles. The van der Waals surface area contributed by atoms with Gasteiger partial charge in [-0.3, -0.25) is 9.78 Å². The first-order chi connectivity index (χ1) is 9.22. The number of aromatic nitrogens is 2. The van der Waals surface area contributed by atoms with E-state index < -0.39 is 0 Å². The number of hydrogen-bond donors (Lipinski definition) is 1. The Balaban J connectivity index is 1.87. The first kappa shape index (κ1) is 11.8. The standard InChI is InChI=1S/C14H11N3OS/c1-9-16-12-3-2-11(8-13(12)19-9)17-14(18)10-4-6-15-7-5-10/h2-8H,1H3,(H,17,18). The molecule has 0 saturated carbocycles. The molecule has 0 unspecified atom stereocenters. The van der Waals surface area contributed by atoms with Gasteiger partial charge in [-0.2, -0.15) is 0 Å². The Hall–Kier alpha value is -2.27. The highest BCUT2D eigenvalue weighted by Gasteiger charge is 2.07. The number of aryl methyl sites for hydroxylation is 1. The van der Waals surface area contributed by atoms with Crippen LogP contribution in [0.3, 0.4) is 0 Å². The summed E-state index contributed by atoms with van der Waals surface area (Å²) in [4.78, 5) is 20.3. The highest BCUT2D eigenvalue weighted by Crippen LogP contribution is 2.24. The Labute approximate surface area is 114 Å². The van der Waals surface area contributed by atoms with Gasteiger partial charge in [-0.05, 0) is 37.3 Å². The number of anilines is 1. The van der Waals surface area contributed by atoms with E-state index >= 15 is 0 Å². The maximum Gasteiger partial charge on any atom is 0.255 e. The lowest BCUT2D eigenvalue weighted by Crippen LogP contribution is -2.11. The summed E-state index contributed by atoms with van der Waals surface area (Å²) in [6, 6.07) is 9.09. The van der Waals surface area contributed by atoms with Crippen molar-refractivity contribution in [2.45, 2.75) is 6.92 Å². The Kier molecular flexibility index (Phi) is 2.97. The summed E-state index contributed by atoms with van der Waals surface area (Å²) in [7, 11) is 0. The minimum Gasteiger partial charge on any atom is -0.322 e. The summed E-state index contributed by atoms with van der Waals surface area (Å²) < 4.78 is 1.07. The van der Waals surface area contributed by atoms with Gasteiger partial charge in [0.2, 0.25) is 0 Å². The van der Waals surface area contributed by atoms with Crippen LogP contribution < -0.4 is 5.32 Å². The lowest BCUT2D eigenvalue weighted by Gasteiger charge is -2.04. The Bertz CT molecular complexity index is 737. The van der Waals surface area contributed by atoms with Crippen molar-refractivity contribution in [2.75, 3.05) is 5.32 Å². The van der Waals surface area contributed by atoms with Crippen LogP contribution in [0.15, 0.2) is 42.7 Å². The monoisotopic (exact) mass is 269 g/mol. The van der Waals surface area contributed by atoms with Gasteiger partial charge in [0.25, 0.3) is 5.91 Å². The molecule has 0 aliphatic heterocycles. The summed E-state index contributed by atoms with van der Waals surface area (Å²) in [5.41, 5.74) is 2.33. The highest BCUT2D eigenvalue weighted by atomic mass is 32.1. The van der Waals surface area contributed by atoms with Crippen LogP contribution in [-0.2, 0) is 0 Å². The van der Waals surface area contributed by atoms with Gasteiger partial charge < -0.3 is 5.32 Å². The van der Waals surface area contributed by atoms with E-state index in [1.165, 1.54) is 0 Å². The van der Waals surface area contributed by atoms with E-state index in [1.54, 1.807) is 35.9 Å². The minimum atomic E-state index is -0.136. The molecule has 5 heteroatoms. The number of amides is 1. The topological polar surface area (TPSA) is 54.9 Å². The first-order valence-corrected chi connectivity index (χ1v) is 6.62. The van der Waals surface area contributed by atoms with E-state index in [4.69, 9.17) is 0 Å². The maximum atomic E-state index is 12.0. The molecule has 1 N–H and O–H groups in total. The second-order valence-electron chi connectivity index (χ2n) is 4.11. The zero-order valence-electron chi connectivity index (χ0n) is 10.3. The fourth-order valence-electron chi connectivity index (χ4n) is 1.82. The second kappa shape index (κ2) is 4.78. The summed E-state index contributed by atoms with van der Waals surface area (Å²) in [5, 5.41) is 3.89.